The van der Waals surface area contributed by atoms with Crippen molar-refractivity contribution in [1.29, 1.82) is 0 Å². The van der Waals surface area contributed by atoms with Gasteiger partial charge in [-0.2, -0.15) is 0 Å². The molecule has 0 bridgehead atoms. The third kappa shape index (κ3) is 4.39. The Kier molecular flexibility index (Phi) is 6.10. The molecule has 4 nitrogen and oxygen atoms in total. The summed E-state index contributed by atoms with van der Waals surface area (Å²) in [6.07, 6.45) is 2.38. The largest absolute Gasteiger partial charge is 0.381 e. The van der Waals surface area contributed by atoms with Crippen LogP contribution in [-0.4, -0.2) is 24.1 Å². The highest BCUT2D eigenvalue weighted by Gasteiger charge is 2.24. The molecule has 5 heteroatoms. The number of ether oxygens (including phenoxy) is 1. The van der Waals surface area contributed by atoms with Gasteiger partial charge in [-0.25, -0.2) is 4.98 Å². The van der Waals surface area contributed by atoms with Crippen LogP contribution < -0.4 is 5.32 Å². The number of carbonyl (C=O) groups is 1. The summed E-state index contributed by atoms with van der Waals surface area (Å²) in [5.74, 6) is -0.214. The highest BCUT2D eigenvalue weighted by Crippen LogP contribution is 2.21. The van der Waals surface area contributed by atoms with Gasteiger partial charge in [0.2, 0.25) is 5.91 Å². The topological polar surface area (TPSA) is 51.2 Å². The van der Waals surface area contributed by atoms with Crippen LogP contribution in [0.15, 0.2) is 41.9 Å². The fourth-order valence-electron chi connectivity index (χ4n) is 2.18. The molecule has 22 heavy (non-hydrogen) atoms. The number of thiazole rings is 1. The minimum absolute atomic E-state index is 0.00881. The molecule has 118 valence electrons. The molecule has 0 saturated heterocycles. The van der Waals surface area contributed by atoms with Gasteiger partial charge in [-0.3, -0.25) is 4.79 Å². The Balaban J connectivity index is 2.10. The Morgan fingerprint density at radius 3 is 2.64 bits per heavy atom. The molecule has 1 aromatic heterocycles. The van der Waals surface area contributed by atoms with E-state index in [0.717, 1.165) is 11.4 Å². The van der Waals surface area contributed by atoms with Gasteiger partial charge in [0.25, 0.3) is 0 Å². The van der Waals surface area contributed by atoms with E-state index < -0.39 is 0 Å². The van der Waals surface area contributed by atoms with Crippen molar-refractivity contribution < 1.29 is 9.53 Å². The van der Waals surface area contributed by atoms with Gasteiger partial charge in [0.05, 0.1) is 18.1 Å². The zero-order chi connectivity index (χ0) is 15.9. The highest BCUT2D eigenvalue weighted by molar-refractivity contribution is 7.09. The van der Waals surface area contributed by atoms with Crippen LogP contribution in [0.4, 0.5) is 0 Å². The Labute approximate surface area is 135 Å². The Morgan fingerprint density at radius 1 is 1.32 bits per heavy atom. The maximum atomic E-state index is 12.4. The number of methoxy groups -OCH3 is 1. The molecule has 1 heterocycles. The standard InChI is InChI=1S/C17H22N2O2S/c1-12(13(2)21-3)16(20)19-15(17-18-9-10-22-17)11-14-7-5-4-6-8-14/h4-10,12-13,15H,11H2,1-3H3,(H,19,20)/t12-,13+,15+/m1/s1. The van der Waals surface area contributed by atoms with E-state index in [0.29, 0.717) is 0 Å². The maximum Gasteiger partial charge on any atom is 0.226 e. The number of amides is 1. The van der Waals surface area contributed by atoms with Crippen LogP contribution in [0, 0.1) is 5.92 Å². The lowest BCUT2D eigenvalue weighted by molar-refractivity contribution is -0.129. The summed E-state index contributed by atoms with van der Waals surface area (Å²) >= 11 is 1.56. The zero-order valence-corrected chi connectivity index (χ0v) is 14.0. The summed E-state index contributed by atoms with van der Waals surface area (Å²) in [6, 6.07) is 10.0. The summed E-state index contributed by atoms with van der Waals surface area (Å²) in [5.41, 5.74) is 1.18. The maximum absolute atomic E-state index is 12.4. The molecular formula is C17H22N2O2S. The molecule has 0 spiro atoms. The lowest BCUT2D eigenvalue weighted by Gasteiger charge is -2.22. The number of hydrogen-bond acceptors (Lipinski definition) is 4. The summed E-state index contributed by atoms with van der Waals surface area (Å²) in [5, 5.41) is 5.97. The van der Waals surface area contributed by atoms with Gasteiger partial charge in [0.1, 0.15) is 5.01 Å². The lowest BCUT2D eigenvalue weighted by Crippen LogP contribution is -2.38. The van der Waals surface area contributed by atoms with Crippen molar-refractivity contribution >= 4 is 17.2 Å². The lowest BCUT2D eigenvalue weighted by atomic mass is 10.0. The van der Waals surface area contributed by atoms with Crippen molar-refractivity contribution in [3.05, 3.63) is 52.5 Å². The number of aromatic nitrogens is 1. The number of nitrogens with zero attached hydrogens (tertiary/aromatic N) is 1. The highest BCUT2D eigenvalue weighted by atomic mass is 32.1. The molecule has 0 saturated carbocycles. The smallest absolute Gasteiger partial charge is 0.226 e. The van der Waals surface area contributed by atoms with Crippen LogP contribution in [0.1, 0.15) is 30.5 Å². The number of hydrogen-bond donors (Lipinski definition) is 1. The molecule has 2 aromatic rings. The predicted octanol–water partition coefficient (Wildman–Crippen LogP) is 3.21. The molecular weight excluding hydrogens is 296 g/mol. The first kappa shape index (κ1) is 16.6. The van der Waals surface area contributed by atoms with Crippen molar-refractivity contribution in [2.24, 2.45) is 5.92 Å². The average Bonchev–Trinajstić information content (AvgIpc) is 3.08. The van der Waals surface area contributed by atoms with Gasteiger partial charge in [0, 0.05) is 18.7 Å². The minimum Gasteiger partial charge on any atom is -0.381 e. The van der Waals surface area contributed by atoms with E-state index in [1.54, 1.807) is 24.6 Å². The monoisotopic (exact) mass is 318 g/mol. The second-order valence-corrected chi connectivity index (χ2v) is 6.28. The van der Waals surface area contributed by atoms with E-state index in [4.69, 9.17) is 4.74 Å². The number of rotatable bonds is 7. The number of carbonyl (C=O) groups excluding carboxylic acids is 1. The third-order valence-corrected chi connectivity index (χ3v) is 4.73. The first-order valence-corrected chi connectivity index (χ1v) is 8.26. The zero-order valence-electron chi connectivity index (χ0n) is 13.2. The first-order chi connectivity index (χ1) is 10.6. The molecule has 1 N–H and O–H groups in total. The third-order valence-electron chi connectivity index (χ3n) is 3.84. The van der Waals surface area contributed by atoms with Crippen molar-refractivity contribution in [2.75, 3.05) is 7.11 Å². The molecule has 3 atom stereocenters. The van der Waals surface area contributed by atoms with Gasteiger partial charge in [-0.15, -0.1) is 11.3 Å². The minimum atomic E-state index is -0.205. The average molecular weight is 318 g/mol. The first-order valence-electron chi connectivity index (χ1n) is 7.38. The van der Waals surface area contributed by atoms with E-state index in [9.17, 15) is 4.79 Å². The molecule has 0 unspecified atom stereocenters. The van der Waals surface area contributed by atoms with Crippen LogP contribution in [0.5, 0.6) is 0 Å². The van der Waals surface area contributed by atoms with Crippen LogP contribution in [-0.2, 0) is 16.0 Å². The van der Waals surface area contributed by atoms with Crippen molar-refractivity contribution in [3.63, 3.8) is 0 Å². The van der Waals surface area contributed by atoms with Gasteiger partial charge in [-0.1, -0.05) is 37.3 Å². The summed E-state index contributed by atoms with van der Waals surface area (Å²) in [4.78, 5) is 16.8. The van der Waals surface area contributed by atoms with Gasteiger partial charge < -0.3 is 10.1 Å². The van der Waals surface area contributed by atoms with Crippen LogP contribution in [0.3, 0.4) is 0 Å². The predicted molar refractivity (Wildman–Crippen MR) is 88.8 cm³/mol. The summed E-state index contributed by atoms with van der Waals surface area (Å²) in [6.45, 7) is 3.78. The molecule has 0 fully saturated rings. The van der Waals surface area contributed by atoms with Crippen molar-refractivity contribution in [3.8, 4) is 0 Å². The van der Waals surface area contributed by atoms with E-state index in [-0.39, 0.29) is 24.0 Å². The fourth-order valence-corrected chi connectivity index (χ4v) is 2.87. The fraction of sp³-hybridized carbons (Fsp3) is 0.412. The molecule has 2 rings (SSSR count). The number of benzene rings is 1. The molecule has 1 aromatic carbocycles. The quantitative estimate of drug-likeness (QED) is 0.853. The number of nitrogens with one attached hydrogen (secondary N) is 1. The second kappa shape index (κ2) is 8.06. The second-order valence-electron chi connectivity index (χ2n) is 5.35. The summed E-state index contributed by atoms with van der Waals surface area (Å²) < 4.78 is 5.25. The Hall–Kier alpha value is -1.72. The van der Waals surface area contributed by atoms with Crippen LogP contribution in [0.25, 0.3) is 0 Å². The molecule has 0 radical (unpaired) electrons. The van der Waals surface area contributed by atoms with E-state index in [1.807, 2.05) is 37.4 Å². The van der Waals surface area contributed by atoms with Gasteiger partial charge in [0.15, 0.2) is 0 Å². The van der Waals surface area contributed by atoms with E-state index in [2.05, 4.69) is 22.4 Å². The van der Waals surface area contributed by atoms with Gasteiger partial charge >= 0.3 is 0 Å². The summed E-state index contributed by atoms with van der Waals surface area (Å²) in [7, 11) is 1.62. The Bertz CT molecular complexity index is 572. The molecule has 0 aliphatic heterocycles. The SMILES string of the molecule is CO[C@@H](C)[C@@H](C)C(=O)N[C@@H](Cc1ccccc1)c1nccs1. The Morgan fingerprint density at radius 2 is 2.05 bits per heavy atom. The molecule has 0 aliphatic rings. The van der Waals surface area contributed by atoms with Crippen molar-refractivity contribution in [1.82, 2.24) is 10.3 Å². The normalized spacial score (nSPS) is 15.0. The van der Waals surface area contributed by atoms with E-state index in [1.165, 1.54) is 5.56 Å². The molecule has 0 aliphatic carbocycles. The van der Waals surface area contributed by atoms with Crippen molar-refractivity contribution in [2.45, 2.75) is 32.4 Å². The van der Waals surface area contributed by atoms with Crippen LogP contribution in [0.2, 0.25) is 0 Å². The van der Waals surface area contributed by atoms with Crippen LogP contribution >= 0.6 is 11.3 Å². The van der Waals surface area contributed by atoms with E-state index >= 15 is 0 Å². The van der Waals surface area contributed by atoms with Gasteiger partial charge in [-0.05, 0) is 18.9 Å². The molecule has 1 amide bonds.